The molecule has 0 fully saturated rings. The van der Waals surface area contributed by atoms with Gasteiger partial charge in [0.1, 0.15) is 6.04 Å². The maximum absolute atomic E-state index is 12.2. The van der Waals surface area contributed by atoms with E-state index in [9.17, 15) is 14.7 Å². The van der Waals surface area contributed by atoms with Crippen molar-refractivity contribution in [3.8, 4) is 6.07 Å². The van der Waals surface area contributed by atoms with E-state index in [0.29, 0.717) is 16.7 Å². The molecule has 0 aromatic heterocycles. The lowest BCUT2D eigenvalue weighted by Gasteiger charge is -2.18. The molecule has 2 aromatic rings. The quantitative estimate of drug-likeness (QED) is 0.729. The molecule has 24 heavy (non-hydrogen) atoms. The molecule has 2 atom stereocenters. The molecule has 2 aromatic carbocycles. The van der Waals surface area contributed by atoms with E-state index in [-0.39, 0.29) is 6.42 Å². The van der Waals surface area contributed by atoms with Gasteiger partial charge in [-0.1, -0.05) is 48.5 Å². The first-order valence-electron chi connectivity index (χ1n) is 7.33. The Bertz CT molecular complexity index is 769. The predicted octanol–water partition coefficient (Wildman–Crippen LogP) is 0.804. The molecular formula is C18H17N3O3. The highest BCUT2D eigenvalue weighted by atomic mass is 16.3. The minimum atomic E-state index is -1.40. The molecule has 2 rings (SSSR count). The van der Waals surface area contributed by atoms with Gasteiger partial charge in [0, 0.05) is 6.42 Å². The highest BCUT2D eigenvalue weighted by molar-refractivity contribution is 5.89. The van der Waals surface area contributed by atoms with Gasteiger partial charge in [-0.15, -0.1) is 0 Å². The van der Waals surface area contributed by atoms with E-state index in [1.54, 1.807) is 54.6 Å². The number of carbonyl (C=O) groups is 2. The number of aliphatic hydroxyl groups excluding tert-OH is 1. The smallest absolute Gasteiger partial charge is 0.254 e. The molecule has 0 aliphatic heterocycles. The van der Waals surface area contributed by atoms with Crippen LogP contribution in [0, 0.1) is 11.3 Å². The molecule has 6 heteroatoms. The van der Waals surface area contributed by atoms with E-state index >= 15 is 0 Å². The Morgan fingerprint density at radius 2 is 1.75 bits per heavy atom. The summed E-state index contributed by atoms with van der Waals surface area (Å²) in [5.74, 6) is -1.46. The van der Waals surface area contributed by atoms with Crippen LogP contribution in [-0.2, 0) is 16.0 Å². The van der Waals surface area contributed by atoms with E-state index < -0.39 is 24.0 Å². The largest absolute Gasteiger partial charge is 0.378 e. The standard InChI is InChI=1S/C18H17N3O3/c19-11-14-9-5-4-8-13(14)10-15(17(20)23)21-18(24)16(22)12-6-2-1-3-7-12/h1-9,15-16,22H,10H2,(H2,20,23)(H,21,24)/t15-,16+/m1/s1. The number of carbonyl (C=O) groups excluding carboxylic acids is 2. The van der Waals surface area contributed by atoms with Gasteiger partial charge < -0.3 is 16.2 Å². The molecule has 0 radical (unpaired) electrons. The summed E-state index contributed by atoms with van der Waals surface area (Å²) in [4.78, 5) is 23.8. The number of primary amides is 1. The molecular weight excluding hydrogens is 306 g/mol. The third kappa shape index (κ3) is 4.18. The molecule has 0 aliphatic carbocycles. The van der Waals surface area contributed by atoms with Gasteiger partial charge in [-0.05, 0) is 17.2 Å². The molecule has 2 amide bonds. The second kappa shape index (κ2) is 7.90. The lowest BCUT2D eigenvalue weighted by molar-refractivity contribution is -0.133. The predicted molar refractivity (Wildman–Crippen MR) is 87.4 cm³/mol. The van der Waals surface area contributed by atoms with Crippen LogP contribution >= 0.6 is 0 Å². The molecule has 0 saturated carbocycles. The second-order valence-electron chi connectivity index (χ2n) is 5.25. The first-order chi connectivity index (χ1) is 11.5. The summed E-state index contributed by atoms with van der Waals surface area (Å²) >= 11 is 0. The zero-order chi connectivity index (χ0) is 17.5. The normalized spacial score (nSPS) is 12.7. The summed E-state index contributed by atoms with van der Waals surface area (Å²) in [6.45, 7) is 0. The van der Waals surface area contributed by atoms with Crippen LogP contribution in [0.4, 0.5) is 0 Å². The van der Waals surface area contributed by atoms with Crippen molar-refractivity contribution in [3.05, 3.63) is 71.3 Å². The zero-order valence-corrected chi connectivity index (χ0v) is 12.8. The molecule has 4 N–H and O–H groups in total. The number of hydrogen-bond acceptors (Lipinski definition) is 4. The molecule has 0 aliphatic rings. The number of nitrogens with one attached hydrogen (secondary N) is 1. The summed E-state index contributed by atoms with van der Waals surface area (Å²) in [6, 6.07) is 16.1. The fourth-order valence-electron chi connectivity index (χ4n) is 2.29. The van der Waals surface area contributed by atoms with Gasteiger partial charge in [0.25, 0.3) is 5.91 Å². The molecule has 0 saturated heterocycles. The third-order valence-corrected chi connectivity index (χ3v) is 3.59. The number of aliphatic hydroxyl groups is 1. The Balaban J connectivity index is 2.13. The number of benzene rings is 2. The van der Waals surface area contributed by atoms with E-state index in [1.165, 1.54) is 0 Å². The minimum absolute atomic E-state index is 0.0757. The van der Waals surface area contributed by atoms with Gasteiger partial charge >= 0.3 is 0 Å². The lowest BCUT2D eigenvalue weighted by Crippen LogP contribution is -2.47. The maximum Gasteiger partial charge on any atom is 0.254 e. The number of nitrogens with two attached hydrogens (primary N) is 1. The number of nitriles is 1. The van der Waals surface area contributed by atoms with Crippen LogP contribution in [0.3, 0.4) is 0 Å². The zero-order valence-electron chi connectivity index (χ0n) is 12.8. The third-order valence-electron chi connectivity index (χ3n) is 3.59. The first-order valence-corrected chi connectivity index (χ1v) is 7.33. The molecule has 122 valence electrons. The highest BCUT2D eigenvalue weighted by Crippen LogP contribution is 2.14. The van der Waals surface area contributed by atoms with Crippen molar-refractivity contribution in [3.63, 3.8) is 0 Å². The van der Waals surface area contributed by atoms with Crippen LogP contribution in [0.2, 0.25) is 0 Å². The van der Waals surface area contributed by atoms with Gasteiger partial charge in [-0.25, -0.2) is 0 Å². The Morgan fingerprint density at radius 1 is 1.12 bits per heavy atom. The van der Waals surface area contributed by atoms with E-state index in [1.807, 2.05) is 6.07 Å². The van der Waals surface area contributed by atoms with Gasteiger partial charge in [-0.3, -0.25) is 9.59 Å². The SMILES string of the molecule is N#Cc1ccccc1C[C@@H](NC(=O)[C@@H](O)c1ccccc1)C(N)=O. The van der Waals surface area contributed by atoms with E-state index in [4.69, 9.17) is 11.0 Å². The van der Waals surface area contributed by atoms with Crippen LogP contribution < -0.4 is 11.1 Å². The maximum atomic E-state index is 12.2. The van der Waals surface area contributed by atoms with Crippen molar-refractivity contribution in [2.24, 2.45) is 5.73 Å². The van der Waals surface area contributed by atoms with Gasteiger partial charge in [0.15, 0.2) is 6.10 Å². The summed E-state index contributed by atoms with van der Waals surface area (Å²) in [6.07, 6.45) is -1.33. The van der Waals surface area contributed by atoms with Crippen LogP contribution in [0.15, 0.2) is 54.6 Å². The summed E-state index contributed by atoms with van der Waals surface area (Å²) in [7, 11) is 0. The van der Waals surface area contributed by atoms with Gasteiger partial charge in [0.05, 0.1) is 11.6 Å². The lowest BCUT2D eigenvalue weighted by atomic mass is 10.00. The van der Waals surface area contributed by atoms with Crippen LogP contribution in [-0.4, -0.2) is 23.0 Å². The average Bonchev–Trinajstić information content (AvgIpc) is 2.61. The summed E-state index contributed by atoms with van der Waals surface area (Å²) in [5.41, 5.74) is 6.76. The van der Waals surface area contributed by atoms with Crippen molar-refractivity contribution in [1.29, 1.82) is 5.26 Å². The highest BCUT2D eigenvalue weighted by Gasteiger charge is 2.24. The fraction of sp³-hybridized carbons (Fsp3) is 0.167. The van der Waals surface area contributed by atoms with Crippen molar-refractivity contribution in [1.82, 2.24) is 5.32 Å². The number of nitrogens with zero attached hydrogens (tertiary/aromatic N) is 1. The topological polar surface area (TPSA) is 116 Å². The molecule has 0 unspecified atom stereocenters. The molecule has 0 heterocycles. The number of rotatable bonds is 6. The molecule has 6 nitrogen and oxygen atoms in total. The van der Waals surface area contributed by atoms with Crippen LogP contribution in [0.1, 0.15) is 22.8 Å². The van der Waals surface area contributed by atoms with Crippen molar-refractivity contribution in [2.75, 3.05) is 0 Å². The number of hydrogen-bond donors (Lipinski definition) is 3. The molecule has 0 spiro atoms. The Labute approximate surface area is 139 Å². The summed E-state index contributed by atoms with van der Waals surface area (Å²) < 4.78 is 0. The average molecular weight is 323 g/mol. The second-order valence-corrected chi connectivity index (χ2v) is 5.25. The summed E-state index contributed by atoms with van der Waals surface area (Å²) in [5, 5.41) is 21.6. The van der Waals surface area contributed by atoms with E-state index in [2.05, 4.69) is 5.32 Å². The Hall–Kier alpha value is -3.17. The monoisotopic (exact) mass is 323 g/mol. The van der Waals surface area contributed by atoms with Crippen molar-refractivity contribution in [2.45, 2.75) is 18.6 Å². The van der Waals surface area contributed by atoms with Gasteiger partial charge in [-0.2, -0.15) is 5.26 Å². The molecule has 0 bridgehead atoms. The first kappa shape index (κ1) is 17.2. The van der Waals surface area contributed by atoms with E-state index in [0.717, 1.165) is 0 Å². The minimum Gasteiger partial charge on any atom is -0.378 e. The van der Waals surface area contributed by atoms with Crippen LogP contribution in [0.5, 0.6) is 0 Å². The van der Waals surface area contributed by atoms with Crippen molar-refractivity contribution >= 4 is 11.8 Å². The Morgan fingerprint density at radius 3 is 2.38 bits per heavy atom. The fourth-order valence-corrected chi connectivity index (χ4v) is 2.29. The number of amides is 2. The van der Waals surface area contributed by atoms with Crippen molar-refractivity contribution < 1.29 is 14.7 Å². The van der Waals surface area contributed by atoms with Gasteiger partial charge in [0.2, 0.25) is 5.91 Å². The van der Waals surface area contributed by atoms with Crippen LogP contribution in [0.25, 0.3) is 0 Å². The Kier molecular flexibility index (Phi) is 5.66.